The van der Waals surface area contributed by atoms with E-state index >= 15 is 0 Å². The van der Waals surface area contributed by atoms with Gasteiger partial charge in [0.15, 0.2) is 5.89 Å². The third kappa shape index (κ3) is 4.33. The van der Waals surface area contributed by atoms with Crippen LogP contribution in [0.3, 0.4) is 0 Å². The summed E-state index contributed by atoms with van der Waals surface area (Å²) in [6.07, 6.45) is 1.85. The lowest BCUT2D eigenvalue weighted by Crippen LogP contribution is -2.01. The zero-order valence-corrected chi connectivity index (χ0v) is 11.9. The van der Waals surface area contributed by atoms with E-state index in [4.69, 9.17) is 10.2 Å². The zero-order chi connectivity index (χ0) is 11.4. The lowest BCUT2D eigenvalue weighted by molar-refractivity contribution is 0.474. The maximum atomic E-state index is 5.60. The van der Waals surface area contributed by atoms with Gasteiger partial charge in [-0.05, 0) is 18.4 Å². The van der Waals surface area contributed by atoms with Crippen molar-refractivity contribution in [1.29, 1.82) is 0 Å². The third-order valence-corrected chi connectivity index (χ3v) is 2.56. The van der Waals surface area contributed by atoms with Gasteiger partial charge in [-0.15, -0.1) is 24.8 Å². The molecule has 100 valence electrons. The van der Waals surface area contributed by atoms with Crippen LogP contribution in [0.4, 0.5) is 0 Å². The van der Waals surface area contributed by atoms with Crippen LogP contribution in [-0.4, -0.2) is 4.98 Å². The molecule has 0 radical (unpaired) electrons. The van der Waals surface area contributed by atoms with Gasteiger partial charge in [-0.25, -0.2) is 4.98 Å². The van der Waals surface area contributed by atoms with Crippen molar-refractivity contribution in [3.05, 3.63) is 53.2 Å². The summed E-state index contributed by atoms with van der Waals surface area (Å²) in [5.74, 6) is 1.51. The number of hydrogen-bond acceptors (Lipinski definition) is 3. The smallest absolute Gasteiger partial charge is 0.191 e. The minimum atomic E-state index is 0. The Morgan fingerprint density at radius 3 is 2.39 bits per heavy atom. The first-order chi connectivity index (χ1) is 7.79. The Labute approximate surface area is 120 Å². The average molecular weight is 289 g/mol. The van der Waals surface area contributed by atoms with Crippen molar-refractivity contribution in [2.45, 2.75) is 26.3 Å². The second kappa shape index (κ2) is 8.14. The molecule has 0 saturated carbocycles. The Morgan fingerprint density at radius 2 is 1.78 bits per heavy atom. The Morgan fingerprint density at radius 1 is 1.11 bits per heavy atom. The molecule has 0 fully saturated rings. The van der Waals surface area contributed by atoms with Crippen molar-refractivity contribution in [2.75, 3.05) is 0 Å². The van der Waals surface area contributed by atoms with Crippen LogP contribution in [0.15, 0.2) is 34.7 Å². The molecular weight excluding hydrogens is 271 g/mol. The summed E-state index contributed by atoms with van der Waals surface area (Å²) < 4.78 is 5.42. The highest BCUT2D eigenvalue weighted by Gasteiger charge is 2.08. The minimum absolute atomic E-state index is 0. The zero-order valence-electron chi connectivity index (χ0n) is 10.3. The van der Waals surface area contributed by atoms with Gasteiger partial charge in [0.05, 0.1) is 12.2 Å². The van der Waals surface area contributed by atoms with Crippen LogP contribution < -0.4 is 5.73 Å². The van der Waals surface area contributed by atoms with Gasteiger partial charge in [-0.2, -0.15) is 0 Å². The van der Waals surface area contributed by atoms with Crippen molar-refractivity contribution >= 4 is 24.8 Å². The van der Waals surface area contributed by atoms with Gasteiger partial charge in [0.2, 0.25) is 0 Å². The summed E-state index contributed by atoms with van der Waals surface area (Å²) in [5.41, 5.74) is 7.90. The Kier molecular flexibility index (Phi) is 7.67. The van der Waals surface area contributed by atoms with Crippen LogP contribution >= 0.6 is 24.8 Å². The molecule has 3 nitrogen and oxygen atoms in total. The van der Waals surface area contributed by atoms with Crippen molar-refractivity contribution in [3.63, 3.8) is 0 Å². The fraction of sp³-hybridized carbons (Fsp3) is 0.308. The highest BCUT2D eigenvalue weighted by atomic mass is 35.5. The molecule has 0 atom stereocenters. The van der Waals surface area contributed by atoms with Gasteiger partial charge in [-0.3, -0.25) is 0 Å². The van der Waals surface area contributed by atoms with E-state index < -0.39 is 0 Å². The average Bonchev–Trinajstić information content (AvgIpc) is 2.68. The molecule has 0 amide bonds. The van der Waals surface area contributed by atoms with Crippen molar-refractivity contribution < 1.29 is 4.42 Å². The van der Waals surface area contributed by atoms with Gasteiger partial charge in [0, 0.05) is 6.92 Å². The van der Waals surface area contributed by atoms with Crippen LogP contribution in [0, 0.1) is 6.92 Å². The predicted molar refractivity (Wildman–Crippen MR) is 77.5 cm³/mol. The number of hydrogen-bond donors (Lipinski definition) is 1. The van der Waals surface area contributed by atoms with Crippen molar-refractivity contribution in [1.82, 2.24) is 4.98 Å². The molecule has 0 unspecified atom stereocenters. The van der Waals surface area contributed by atoms with E-state index in [2.05, 4.69) is 17.1 Å². The van der Waals surface area contributed by atoms with E-state index in [1.54, 1.807) is 0 Å². The third-order valence-electron chi connectivity index (χ3n) is 2.56. The number of rotatable bonds is 4. The molecule has 0 bridgehead atoms. The number of halogens is 2. The standard InChI is InChI=1S/C13H16N2O.2ClH/c1-10-15-12(13(9-14)16-10)8-7-11-5-3-2-4-6-11;;/h2-6H,7-9,14H2,1H3;2*1H. The molecule has 0 aliphatic rings. The van der Waals surface area contributed by atoms with Gasteiger partial charge in [0.25, 0.3) is 0 Å². The maximum absolute atomic E-state index is 5.60. The Balaban J connectivity index is 0.00000144. The summed E-state index contributed by atoms with van der Waals surface area (Å²) in [6.45, 7) is 2.27. The maximum Gasteiger partial charge on any atom is 0.191 e. The van der Waals surface area contributed by atoms with E-state index in [-0.39, 0.29) is 24.8 Å². The van der Waals surface area contributed by atoms with Gasteiger partial charge in [0.1, 0.15) is 5.76 Å². The minimum Gasteiger partial charge on any atom is -0.444 e. The van der Waals surface area contributed by atoms with E-state index in [1.807, 2.05) is 25.1 Å². The van der Waals surface area contributed by atoms with Crippen molar-refractivity contribution in [2.24, 2.45) is 5.73 Å². The lowest BCUT2D eigenvalue weighted by atomic mass is 10.1. The predicted octanol–water partition coefficient (Wildman–Crippen LogP) is 3.07. The normalized spacial score (nSPS) is 9.44. The summed E-state index contributed by atoms with van der Waals surface area (Å²) in [5, 5.41) is 0. The van der Waals surface area contributed by atoms with E-state index in [0.717, 1.165) is 24.3 Å². The van der Waals surface area contributed by atoms with Crippen LogP contribution in [0.5, 0.6) is 0 Å². The van der Waals surface area contributed by atoms with Crippen LogP contribution in [0.2, 0.25) is 0 Å². The molecule has 2 N–H and O–H groups in total. The highest BCUT2D eigenvalue weighted by molar-refractivity contribution is 5.85. The molecule has 0 saturated heterocycles. The van der Waals surface area contributed by atoms with Gasteiger partial charge >= 0.3 is 0 Å². The van der Waals surface area contributed by atoms with Gasteiger partial charge in [-0.1, -0.05) is 30.3 Å². The van der Waals surface area contributed by atoms with Crippen molar-refractivity contribution in [3.8, 4) is 0 Å². The first-order valence-corrected chi connectivity index (χ1v) is 5.49. The summed E-state index contributed by atoms with van der Waals surface area (Å²) in [6, 6.07) is 10.4. The summed E-state index contributed by atoms with van der Waals surface area (Å²) in [4.78, 5) is 4.35. The number of nitrogens with zero attached hydrogens (tertiary/aromatic N) is 1. The number of aromatic nitrogens is 1. The molecule has 18 heavy (non-hydrogen) atoms. The molecule has 1 aromatic heterocycles. The molecule has 1 heterocycles. The van der Waals surface area contributed by atoms with E-state index in [1.165, 1.54) is 5.56 Å². The second-order valence-electron chi connectivity index (χ2n) is 3.79. The molecule has 2 aromatic rings. The molecule has 0 spiro atoms. The Bertz CT molecular complexity index is 457. The molecular formula is C13H18Cl2N2O. The van der Waals surface area contributed by atoms with E-state index in [9.17, 15) is 0 Å². The number of benzene rings is 1. The fourth-order valence-corrected chi connectivity index (χ4v) is 1.77. The second-order valence-corrected chi connectivity index (χ2v) is 3.79. The van der Waals surface area contributed by atoms with Crippen LogP contribution in [0.1, 0.15) is 22.9 Å². The monoisotopic (exact) mass is 288 g/mol. The number of nitrogens with two attached hydrogens (primary N) is 1. The molecule has 0 aliphatic carbocycles. The molecule has 1 aromatic carbocycles. The van der Waals surface area contributed by atoms with Crippen LogP contribution in [-0.2, 0) is 19.4 Å². The Hall–Kier alpha value is -1.03. The number of oxazole rings is 1. The summed E-state index contributed by atoms with van der Waals surface area (Å²) in [7, 11) is 0. The topological polar surface area (TPSA) is 52.0 Å². The first kappa shape index (κ1) is 17.0. The fourth-order valence-electron chi connectivity index (χ4n) is 1.77. The van der Waals surface area contributed by atoms with Gasteiger partial charge < -0.3 is 10.2 Å². The highest BCUT2D eigenvalue weighted by Crippen LogP contribution is 2.13. The number of aryl methyl sites for hydroxylation is 3. The molecule has 2 rings (SSSR count). The summed E-state index contributed by atoms with van der Waals surface area (Å²) >= 11 is 0. The largest absolute Gasteiger partial charge is 0.444 e. The van der Waals surface area contributed by atoms with E-state index in [0.29, 0.717) is 12.4 Å². The quantitative estimate of drug-likeness (QED) is 0.941. The molecule has 5 heteroatoms. The lowest BCUT2D eigenvalue weighted by Gasteiger charge is -1.99. The first-order valence-electron chi connectivity index (χ1n) is 5.49. The SMILES string of the molecule is Cc1nc(CCc2ccccc2)c(CN)o1.Cl.Cl. The van der Waals surface area contributed by atoms with Crippen LogP contribution in [0.25, 0.3) is 0 Å². The molecule has 0 aliphatic heterocycles.